The minimum absolute atomic E-state index is 0.0556. The average Bonchev–Trinajstić information content (AvgIpc) is 2.80. The van der Waals surface area contributed by atoms with Gasteiger partial charge in [0.1, 0.15) is 6.33 Å². The fraction of sp³-hybridized carbons (Fsp3) is 0.789. The number of nitrogens with zero attached hydrogens (tertiary/aromatic N) is 5. The lowest BCUT2D eigenvalue weighted by atomic mass is 9.65. The Morgan fingerprint density at radius 3 is 2.73 bits per heavy atom. The highest BCUT2D eigenvalue weighted by molar-refractivity contribution is 5.71. The van der Waals surface area contributed by atoms with Gasteiger partial charge in [-0.15, -0.1) is 0 Å². The summed E-state index contributed by atoms with van der Waals surface area (Å²) in [6.07, 6.45) is 6.78. The van der Waals surface area contributed by atoms with Gasteiger partial charge in [-0.05, 0) is 36.5 Å². The van der Waals surface area contributed by atoms with Crippen molar-refractivity contribution in [3.63, 3.8) is 0 Å². The molecule has 7 heteroatoms. The van der Waals surface area contributed by atoms with Gasteiger partial charge < -0.3 is 9.80 Å². The number of anilines is 2. The smallest absolute Gasteiger partial charge is 0.353 e. The maximum absolute atomic E-state index is 11.9. The van der Waals surface area contributed by atoms with Gasteiger partial charge in [-0.1, -0.05) is 34.1 Å². The molecule has 1 saturated heterocycles. The van der Waals surface area contributed by atoms with E-state index in [-0.39, 0.29) is 21.4 Å². The number of hydrogen-bond donors (Lipinski definition) is 0. The monoisotopic (exact) mass is 361 g/mol. The molecule has 144 valence electrons. The molecule has 26 heavy (non-hydrogen) atoms. The Balaban J connectivity index is 1.99. The summed E-state index contributed by atoms with van der Waals surface area (Å²) < 4.78 is 0. The van der Waals surface area contributed by atoms with Crippen LogP contribution < -0.4 is 9.80 Å². The van der Waals surface area contributed by atoms with Crippen LogP contribution in [0.4, 0.5) is 17.3 Å². The van der Waals surface area contributed by atoms with Crippen molar-refractivity contribution in [2.45, 2.75) is 65.8 Å². The van der Waals surface area contributed by atoms with E-state index in [1.165, 1.54) is 6.33 Å². The van der Waals surface area contributed by atoms with Crippen LogP contribution in [0.3, 0.4) is 0 Å². The second-order valence-electron chi connectivity index (χ2n) is 9.24. The molecule has 1 aromatic heterocycles. The number of hydrogen-bond acceptors (Lipinski definition) is 6. The molecular weight excluding hydrogens is 330 g/mol. The van der Waals surface area contributed by atoms with Gasteiger partial charge in [-0.2, -0.15) is 0 Å². The molecule has 1 saturated carbocycles. The van der Waals surface area contributed by atoms with E-state index in [1.54, 1.807) is 0 Å². The van der Waals surface area contributed by atoms with E-state index >= 15 is 0 Å². The van der Waals surface area contributed by atoms with Gasteiger partial charge in [0.25, 0.3) is 0 Å². The molecular formula is C19H31N5O2. The summed E-state index contributed by atoms with van der Waals surface area (Å²) in [5.41, 5.74) is 0.508. The first kappa shape index (κ1) is 18.9. The maximum Gasteiger partial charge on any atom is 0.353 e. The zero-order chi connectivity index (χ0) is 19.1. The Labute approximate surface area is 156 Å². The molecule has 1 aromatic rings. The second kappa shape index (κ2) is 6.67. The first-order valence-corrected chi connectivity index (χ1v) is 9.63. The molecule has 2 fully saturated rings. The maximum atomic E-state index is 11.9. The fourth-order valence-electron chi connectivity index (χ4n) is 5.22. The normalized spacial score (nSPS) is 26.8. The van der Waals surface area contributed by atoms with Crippen LogP contribution in [0.5, 0.6) is 0 Å². The average molecular weight is 361 g/mol. The molecule has 2 heterocycles. The molecule has 2 atom stereocenters. The van der Waals surface area contributed by atoms with E-state index in [0.717, 1.165) is 45.2 Å². The quantitative estimate of drug-likeness (QED) is 0.562. The van der Waals surface area contributed by atoms with Crippen LogP contribution in [-0.4, -0.2) is 41.1 Å². The summed E-state index contributed by atoms with van der Waals surface area (Å²) in [5.74, 6) is 0.925. The molecule has 2 unspecified atom stereocenters. The van der Waals surface area contributed by atoms with Crippen LogP contribution in [0.2, 0.25) is 0 Å². The van der Waals surface area contributed by atoms with Crippen molar-refractivity contribution in [3.8, 4) is 0 Å². The third-order valence-corrected chi connectivity index (χ3v) is 5.86. The Morgan fingerprint density at radius 1 is 1.35 bits per heavy atom. The van der Waals surface area contributed by atoms with Gasteiger partial charge in [0, 0.05) is 26.2 Å². The lowest BCUT2D eigenvalue weighted by Crippen LogP contribution is -2.35. The molecule has 0 radical (unpaired) electrons. The Hall–Kier alpha value is -1.92. The Morgan fingerprint density at radius 2 is 2.08 bits per heavy atom. The van der Waals surface area contributed by atoms with Gasteiger partial charge in [0.2, 0.25) is 11.6 Å². The van der Waals surface area contributed by atoms with E-state index < -0.39 is 0 Å². The summed E-state index contributed by atoms with van der Waals surface area (Å²) in [6.45, 7) is 10.6. The van der Waals surface area contributed by atoms with Crippen LogP contribution >= 0.6 is 0 Å². The highest BCUT2D eigenvalue weighted by atomic mass is 16.6. The molecule has 2 aliphatic rings. The third kappa shape index (κ3) is 3.48. The van der Waals surface area contributed by atoms with E-state index in [0.29, 0.717) is 17.7 Å². The van der Waals surface area contributed by atoms with Gasteiger partial charge in [0.15, 0.2) is 0 Å². The minimum Gasteiger partial charge on any atom is -0.354 e. The van der Waals surface area contributed by atoms with Crippen LogP contribution in [0, 0.1) is 20.9 Å². The number of fused-ring (bicyclic) bond motifs is 2. The van der Waals surface area contributed by atoms with Gasteiger partial charge >= 0.3 is 5.69 Å². The van der Waals surface area contributed by atoms with Crippen LogP contribution in [0.1, 0.15) is 59.8 Å². The van der Waals surface area contributed by atoms with Crippen molar-refractivity contribution in [3.05, 3.63) is 16.4 Å². The molecule has 0 spiro atoms. The highest BCUT2D eigenvalue weighted by Gasteiger charge is 2.51. The van der Waals surface area contributed by atoms with Gasteiger partial charge in [-0.3, -0.25) is 10.1 Å². The standard InChI is InChI=1S/C19H31N5O2/c1-6-7-8-22(5)16-15(24(25)26)17(21-13-20-16)23-12-19(4)10-14(23)9-18(2,3)11-19/h13-14H,6-12H2,1-5H3. The van der Waals surface area contributed by atoms with Crippen LogP contribution in [-0.2, 0) is 0 Å². The van der Waals surface area contributed by atoms with Crippen molar-refractivity contribution in [1.82, 2.24) is 9.97 Å². The van der Waals surface area contributed by atoms with Gasteiger partial charge in [-0.25, -0.2) is 9.97 Å². The van der Waals surface area contributed by atoms with Crippen molar-refractivity contribution in [1.29, 1.82) is 0 Å². The number of rotatable bonds is 6. The first-order valence-electron chi connectivity index (χ1n) is 9.63. The zero-order valence-corrected chi connectivity index (χ0v) is 16.7. The molecule has 0 amide bonds. The molecule has 1 aliphatic carbocycles. The predicted octanol–water partition coefficient (Wildman–Crippen LogP) is 4.03. The van der Waals surface area contributed by atoms with Crippen molar-refractivity contribution >= 4 is 17.3 Å². The minimum atomic E-state index is -0.303. The largest absolute Gasteiger partial charge is 0.354 e. The SMILES string of the molecule is CCCCN(C)c1ncnc(N2CC3(C)CC2CC(C)(C)C3)c1[N+](=O)[O-]. The predicted molar refractivity (Wildman–Crippen MR) is 104 cm³/mol. The summed E-state index contributed by atoms with van der Waals surface area (Å²) in [5, 5.41) is 11.9. The lowest BCUT2D eigenvalue weighted by molar-refractivity contribution is -0.383. The molecule has 0 aromatic carbocycles. The fourth-order valence-corrected chi connectivity index (χ4v) is 5.22. The number of aromatic nitrogens is 2. The van der Waals surface area contributed by atoms with E-state index in [4.69, 9.17) is 0 Å². The van der Waals surface area contributed by atoms with Crippen LogP contribution in [0.25, 0.3) is 0 Å². The van der Waals surface area contributed by atoms with Crippen LogP contribution in [0.15, 0.2) is 6.33 Å². The van der Waals surface area contributed by atoms with E-state index in [1.807, 2.05) is 11.9 Å². The zero-order valence-electron chi connectivity index (χ0n) is 16.7. The lowest BCUT2D eigenvalue weighted by Gasteiger charge is -2.39. The summed E-state index contributed by atoms with van der Waals surface area (Å²) in [4.78, 5) is 24.4. The summed E-state index contributed by atoms with van der Waals surface area (Å²) >= 11 is 0. The van der Waals surface area contributed by atoms with Crippen molar-refractivity contribution in [2.24, 2.45) is 10.8 Å². The molecule has 2 bridgehead atoms. The molecule has 7 nitrogen and oxygen atoms in total. The summed E-state index contributed by atoms with van der Waals surface area (Å²) in [6, 6.07) is 0.311. The topological polar surface area (TPSA) is 75.4 Å². The second-order valence-corrected chi connectivity index (χ2v) is 9.24. The van der Waals surface area contributed by atoms with E-state index in [2.05, 4.69) is 42.6 Å². The van der Waals surface area contributed by atoms with Crippen molar-refractivity contribution < 1.29 is 4.92 Å². The number of nitro groups is 1. The summed E-state index contributed by atoms with van der Waals surface area (Å²) in [7, 11) is 1.88. The highest BCUT2D eigenvalue weighted by Crippen LogP contribution is 2.54. The van der Waals surface area contributed by atoms with Crippen molar-refractivity contribution in [2.75, 3.05) is 29.9 Å². The van der Waals surface area contributed by atoms with E-state index in [9.17, 15) is 10.1 Å². The number of unbranched alkanes of at least 4 members (excludes halogenated alkanes) is 1. The Bertz CT molecular complexity index is 693. The molecule has 1 aliphatic heterocycles. The Kier molecular flexibility index (Phi) is 4.84. The third-order valence-electron chi connectivity index (χ3n) is 5.86. The molecule has 3 rings (SSSR count). The van der Waals surface area contributed by atoms with Gasteiger partial charge in [0.05, 0.1) is 4.92 Å². The molecule has 0 N–H and O–H groups in total. The first-order chi connectivity index (χ1) is 12.2.